The van der Waals surface area contributed by atoms with Crippen LogP contribution >= 0.6 is 0 Å². The number of aromatic amines is 1. The van der Waals surface area contributed by atoms with Crippen LogP contribution in [0.2, 0.25) is 0 Å². The highest BCUT2D eigenvalue weighted by Crippen LogP contribution is 2.15. The molecule has 0 unspecified atom stereocenters. The molecule has 2 heterocycles. The number of rotatable bonds is 5. The molecule has 1 aliphatic rings. The fourth-order valence-corrected chi connectivity index (χ4v) is 3.39. The molecule has 1 aromatic heterocycles. The number of methoxy groups -OCH3 is 1. The Labute approximate surface area is 117 Å². The topological polar surface area (TPSA) is 95.6 Å². The van der Waals surface area contributed by atoms with Crippen LogP contribution in [-0.2, 0) is 19.6 Å². The van der Waals surface area contributed by atoms with Gasteiger partial charge in [0.2, 0.25) is 0 Å². The number of carbonyl (C=O) groups is 1. The van der Waals surface area contributed by atoms with E-state index < -0.39 is 10.0 Å². The zero-order valence-corrected chi connectivity index (χ0v) is 12.1. The van der Waals surface area contributed by atoms with Crippen molar-refractivity contribution in [3.8, 4) is 0 Å². The average Bonchev–Trinajstić information content (AvgIpc) is 3.00. The first-order valence-corrected chi connectivity index (χ1v) is 7.77. The van der Waals surface area contributed by atoms with E-state index in [9.17, 15) is 13.2 Å². The van der Waals surface area contributed by atoms with Crippen molar-refractivity contribution in [2.24, 2.45) is 0 Å². The molecule has 0 aromatic carbocycles. The van der Waals surface area contributed by atoms with Crippen LogP contribution in [0.4, 0.5) is 0 Å². The number of ether oxygens (including phenoxy) is 1. The average molecular weight is 302 g/mol. The number of esters is 1. The van der Waals surface area contributed by atoms with Crippen molar-refractivity contribution >= 4 is 16.0 Å². The molecule has 9 heteroatoms. The second-order valence-electron chi connectivity index (χ2n) is 4.49. The quantitative estimate of drug-likeness (QED) is 0.721. The number of hydrogen-bond donors (Lipinski definition) is 1. The molecule has 0 radical (unpaired) electrons. The molecule has 0 spiro atoms. The molecule has 0 amide bonds. The van der Waals surface area contributed by atoms with Crippen molar-refractivity contribution in [1.82, 2.24) is 19.4 Å². The fraction of sp³-hybridized carbons (Fsp3) is 0.636. The monoisotopic (exact) mass is 302 g/mol. The van der Waals surface area contributed by atoms with Gasteiger partial charge in [-0.05, 0) is 6.07 Å². The molecule has 1 fully saturated rings. The van der Waals surface area contributed by atoms with Crippen LogP contribution in [0.15, 0.2) is 17.3 Å². The number of H-pyrrole nitrogens is 1. The van der Waals surface area contributed by atoms with Crippen molar-refractivity contribution < 1.29 is 17.9 Å². The Balaban J connectivity index is 1.87. The summed E-state index contributed by atoms with van der Waals surface area (Å²) in [6, 6.07) is 1.44. The van der Waals surface area contributed by atoms with Gasteiger partial charge in [-0.1, -0.05) is 0 Å². The summed E-state index contributed by atoms with van der Waals surface area (Å²) in [5.41, 5.74) is 0. The van der Waals surface area contributed by atoms with Crippen LogP contribution in [0.3, 0.4) is 0 Å². The number of hydrogen-bond acceptors (Lipinski definition) is 6. The summed E-state index contributed by atoms with van der Waals surface area (Å²) >= 11 is 0. The molecule has 0 saturated carbocycles. The Kier molecular flexibility index (Phi) is 4.73. The summed E-state index contributed by atoms with van der Waals surface area (Å²) in [7, 11) is -2.12. The Morgan fingerprint density at radius 2 is 2.10 bits per heavy atom. The van der Waals surface area contributed by atoms with Crippen molar-refractivity contribution in [3.63, 3.8) is 0 Å². The number of sulfonamides is 1. The minimum atomic E-state index is -3.48. The highest BCUT2D eigenvalue weighted by molar-refractivity contribution is 7.89. The van der Waals surface area contributed by atoms with E-state index >= 15 is 0 Å². The summed E-state index contributed by atoms with van der Waals surface area (Å²) in [5, 5.41) is 6.25. The second-order valence-corrected chi connectivity index (χ2v) is 6.40. The van der Waals surface area contributed by atoms with Crippen LogP contribution in [0, 0.1) is 0 Å². The number of nitrogens with zero attached hydrogens (tertiary/aromatic N) is 3. The molecule has 0 aliphatic carbocycles. The van der Waals surface area contributed by atoms with Crippen LogP contribution < -0.4 is 0 Å². The van der Waals surface area contributed by atoms with E-state index in [1.165, 1.54) is 23.7 Å². The third kappa shape index (κ3) is 3.35. The van der Waals surface area contributed by atoms with Crippen LogP contribution in [-0.4, -0.2) is 73.6 Å². The summed E-state index contributed by atoms with van der Waals surface area (Å²) in [6.45, 7) is 2.60. The first kappa shape index (κ1) is 14.9. The Morgan fingerprint density at radius 1 is 1.40 bits per heavy atom. The highest BCUT2D eigenvalue weighted by Gasteiger charge is 2.29. The minimum Gasteiger partial charge on any atom is -0.469 e. The fourth-order valence-electron chi connectivity index (χ4n) is 2.07. The number of piperazine rings is 1. The van der Waals surface area contributed by atoms with E-state index in [-0.39, 0.29) is 11.0 Å². The lowest BCUT2D eigenvalue weighted by Crippen LogP contribution is -2.49. The first-order chi connectivity index (χ1) is 9.54. The zero-order chi connectivity index (χ0) is 14.6. The van der Waals surface area contributed by atoms with Crippen molar-refractivity contribution in [3.05, 3.63) is 12.3 Å². The molecule has 1 N–H and O–H groups in total. The minimum absolute atomic E-state index is 0.112. The van der Waals surface area contributed by atoms with Crippen LogP contribution in [0.25, 0.3) is 0 Å². The smallest absolute Gasteiger partial charge is 0.306 e. The van der Waals surface area contributed by atoms with E-state index in [1.807, 2.05) is 0 Å². The van der Waals surface area contributed by atoms with Gasteiger partial charge in [-0.25, -0.2) is 8.42 Å². The van der Waals surface area contributed by atoms with Gasteiger partial charge in [0.25, 0.3) is 10.0 Å². The van der Waals surface area contributed by atoms with E-state index in [2.05, 4.69) is 19.8 Å². The standard InChI is InChI=1S/C11H18N4O4S/c1-19-11(16)3-5-14-6-8-15(9-7-14)20(17,18)10-2-4-12-13-10/h2,4H,3,5-9H2,1H3,(H,12,13). The van der Waals surface area contributed by atoms with E-state index in [0.717, 1.165) is 0 Å². The maximum Gasteiger partial charge on any atom is 0.306 e. The van der Waals surface area contributed by atoms with Gasteiger partial charge in [0.05, 0.1) is 19.7 Å². The van der Waals surface area contributed by atoms with E-state index in [4.69, 9.17) is 0 Å². The lowest BCUT2D eigenvalue weighted by molar-refractivity contribution is -0.141. The van der Waals surface area contributed by atoms with Crippen molar-refractivity contribution in [2.45, 2.75) is 11.4 Å². The maximum absolute atomic E-state index is 12.2. The normalized spacial score (nSPS) is 18.1. The molecule has 1 aliphatic heterocycles. The lowest BCUT2D eigenvalue weighted by Gasteiger charge is -2.33. The molecular formula is C11H18N4O4S. The molecule has 1 aromatic rings. The van der Waals surface area contributed by atoms with Gasteiger partial charge in [0, 0.05) is 32.7 Å². The van der Waals surface area contributed by atoms with Gasteiger partial charge in [-0.2, -0.15) is 9.40 Å². The van der Waals surface area contributed by atoms with Crippen LogP contribution in [0.1, 0.15) is 6.42 Å². The maximum atomic E-state index is 12.2. The van der Waals surface area contributed by atoms with E-state index in [0.29, 0.717) is 39.1 Å². The predicted molar refractivity (Wildman–Crippen MR) is 70.4 cm³/mol. The third-order valence-electron chi connectivity index (χ3n) is 3.28. The van der Waals surface area contributed by atoms with Gasteiger partial charge >= 0.3 is 5.97 Å². The van der Waals surface area contributed by atoms with Gasteiger partial charge in [0.15, 0.2) is 5.03 Å². The summed E-state index contributed by atoms with van der Waals surface area (Å²) < 4.78 is 30.5. The molecule has 1 saturated heterocycles. The number of nitrogens with one attached hydrogen (secondary N) is 1. The SMILES string of the molecule is COC(=O)CCN1CCN(S(=O)(=O)c2ccn[nH]2)CC1. The van der Waals surface area contributed by atoms with Gasteiger partial charge in [-0.3, -0.25) is 9.89 Å². The number of carbonyl (C=O) groups excluding carboxylic acids is 1. The summed E-state index contributed by atoms with van der Waals surface area (Å²) in [5.74, 6) is -0.252. The third-order valence-corrected chi connectivity index (χ3v) is 5.11. The van der Waals surface area contributed by atoms with Crippen LogP contribution in [0.5, 0.6) is 0 Å². The second kappa shape index (κ2) is 6.33. The number of aromatic nitrogens is 2. The Morgan fingerprint density at radius 3 is 2.65 bits per heavy atom. The lowest BCUT2D eigenvalue weighted by atomic mass is 10.3. The molecule has 0 atom stereocenters. The predicted octanol–water partition coefficient (Wildman–Crippen LogP) is -0.721. The van der Waals surface area contributed by atoms with E-state index in [1.54, 1.807) is 0 Å². The molecule has 20 heavy (non-hydrogen) atoms. The van der Waals surface area contributed by atoms with Gasteiger partial charge in [-0.15, -0.1) is 0 Å². The van der Waals surface area contributed by atoms with Crippen molar-refractivity contribution in [2.75, 3.05) is 39.8 Å². The first-order valence-electron chi connectivity index (χ1n) is 6.33. The Hall–Kier alpha value is -1.45. The van der Waals surface area contributed by atoms with Crippen molar-refractivity contribution in [1.29, 1.82) is 0 Å². The summed E-state index contributed by atoms with van der Waals surface area (Å²) in [6.07, 6.45) is 1.74. The molecular weight excluding hydrogens is 284 g/mol. The van der Waals surface area contributed by atoms with Gasteiger partial charge in [0.1, 0.15) is 0 Å². The highest BCUT2D eigenvalue weighted by atomic mass is 32.2. The Bertz CT molecular complexity index is 535. The summed E-state index contributed by atoms with van der Waals surface area (Å²) in [4.78, 5) is 13.1. The largest absolute Gasteiger partial charge is 0.469 e. The molecule has 2 rings (SSSR count). The molecule has 8 nitrogen and oxygen atoms in total. The zero-order valence-electron chi connectivity index (χ0n) is 11.3. The van der Waals surface area contributed by atoms with Gasteiger partial charge < -0.3 is 9.64 Å². The molecule has 0 bridgehead atoms. The molecule has 112 valence electrons.